The van der Waals surface area contributed by atoms with E-state index in [9.17, 15) is 0 Å². The van der Waals surface area contributed by atoms with E-state index in [1.165, 1.54) is 21.2 Å². The van der Waals surface area contributed by atoms with Crippen molar-refractivity contribution in [2.24, 2.45) is 5.73 Å². The summed E-state index contributed by atoms with van der Waals surface area (Å²) in [5.74, 6) is 0. The summed E-state index contributed by atoms with van der Waals surface area (Å²) in [6.07, 6.45) is 0. The maximum Gasteiger partial charge on any atom is 0.110 e. The second kappa shape index (κ2) is 4.76. The van der Waals surface area contributed by atoms with E-state index in [1.807, 2.05) is 6.92 Å². The van der Waals surface area contributed by atoms with Crippen LogP contribution >= 0.6 is 11.3 Å². The first-order chi connectivity index (χ1) is 9.15. The van der Waals surface area contributed by atoms with E-state index in [0.29, 0.717) is 0 Å². The Morgan fingerprint density at radius 1 is 1.11 bits per heavy atom. The van der Waals surface area contributed by atoms with Gasteiger partial charge in [-0.25, -0.2) is 4.98 Å². The van der Waals surface area contributed by atoms with Crippen LogP contribution in [0.2, 0.25) is 0 Å². The predicted octanol–water partition coefficient (Wildman–Crippen LogP) is 4.29. The molecule has 0 bridgehead atoms. The van der Waals surface area contributed by atoms with Crippen molar-refractivity contribution in [2.45, 2.75) is 19.9 Å². The fourth-order valence-electron chi connectivity index (χ4n) is 2.22. The van der Waals surface area contributed by atoms with Crippen LogP contribution in [0, 0.1) is 6.92 Å². The molecule has 0 spiro atoms. The minimum absolute atomic E-state index is 0.00194. The van der Waals surface area contributed by atoms with Crippen LogP contribution in [0.1, 0.15) is 22.9 Å². The van der Waals surface area contributed by atoms with Crippen LogP contribution in [0.3, 0.4) is 0 Å². The Morgan fingerprint density at radius 2 is 1.84 bits per heavy atom. The standard InChI is InChI=1S/C16H16N2S/c1-10(17)16-18-15(11(2)19-16)14-8-7-12-5-3-4-6-13(12)9-14/h3-10H,17H2,1-2H3. The molecule has 0 saturated carbocycles. The van der Waals surface area contributed by atoms with Crippen molar-refractivity contribution < 1.29 is 0 Å². The Bertz CT molecular complexity index is 728. The summed E-state index contributed by atoms with van der Waals surface area (Å²) in [5, 5.41) is 3.50. The number of thiazole rings is 1. The smallest absolute Gasteiger partial charge is 0.110 e. The lowest BCUT2D eigenvalue weighted by Gasteiger charge is -2.02. The van der Waals surface area contributed by atoms with Crippen LogP contribution in [0.4, 0.5) is 0 Å². The summed E-state index contributed by atoms with van der Waals surface area (Å²) in [6.45, 7) is 4.08. The molecule has 1 heterocycles. The average molecular weight is 268 g/mol. The Hall–Kier alpha value is -1.71. The molecule has 0 aliphatic heterocycles. The predicted molar refractivity (Wildman–Crippen MR) is 82.4 cm³/mol. The van der Waals surface area contributed by atoms with Gasteiger partial charge in [-0.05, 0) is 30.7 Å². The van der Waals surface area contributed by atoms with E-state index in [-0.39, 0.29) is 6.04 Å². The van der Waals surface area contributed by atoms with Crippen molar-refractivity contribution >= 4 is 22.1 Å². The van der Waals surface area contributed by atoms with Crippen LogP contribution in [-0.2, 0) is 0 Å². The van der Waals surface area contributed by atoms with E-state index in [2.05, 4.69) is 54.4 Å². The molecule has 96 valence electrons. The Balaban J connectivity index is 2.13. The molecule has 1 aromatic heterocycles. The van der Waals surface area contributed by atoms with Gasteiger partial charge in [-0.1, -0.05) is 36.4 Å². The summed E-state index contributed by atoms with van der Waals surface area (Å²) < 4.78 is 0. The fourth-order valence-corrected chi connectivity index (χ4v) is 3.11. The lowest BCUT2D eigenvalue weighted by atomic mass is 10.0. The summed E-state index contributed by atoms with van der Waals surface area (Å²) in [5.41, 5.74) is 8.14. The number of rotatable bonds is 2. The molecule has 0 aliphatic carbocycles. The van der Waals surface area contributed by atoms with Crippen LogP contribution in [-0.4, -0.2) is 4.98 Å². The number of hydrogen-bond acceptors (Lipinski definition) is 3. The number of benzene rings is 2. The number of aromatic nitrogens is 1. The third-order valence-electron chi connectivity index (χ3n) is 3.23. The quantitative estimate of drug-likeness (QED) is 0.753. The van der Waals surface area contributed by atoms with Gasteiger partial charge in [-0.2, -0.15) is 0 Å². The molecule has 2 N–H and O–H groups in total. The van der Waals surface area contributed by atoms with Crippen LogP contribution in [0.5, 0.6) is 0 Å². The molecule has 1 unspecified atom stereocenters. The van der Waals surface area contributed by atoms with Crippen molar-refractivity contribution in [3.05, 3.63) is 52.3 Å². The molecule has 0 saturated heterocycles. The SMILES string of the molecule is Cc1sc(C(C)N)nc1-c1ccc2ccccc2c1. The molecule has 2 nitrogen and oxygen atoms in total. The van der Waals surface area contributed by atoms with E-state index in [1.54, 1.807) is 11.3 Å². The van der Waals surface area contributed by atoms with Crippen molar-refractivity contribution in [1.82, 2.24) is 4.98 Å². The summed E-state index contributed by atoms with van der Waals surface area (Å²) >= 11 is 1.69. The lowest BCUT2D eigenvalue weighted by molar-refractivity contribution is 0.808. The highest BCUT2D eigenvalue weighted by Gasteiger charge is 2.12. The minimum Gasteiger partial charge on any atom is -0.322 e. The highest BCUT2D eigenvalue weighted by Crippen LogP contribution is 2.31. The molecule has 0 fully saturated rings. The summed E-state index contributed by atoms with van der Waals surface area (Å²) in [4.78, 5) is 5.90. The molecule has 0 radical (unpaired) electrons. The average Bonchev–Trinajstić information content (AvgIpc) is 2.80. The summed E-state index contributed by atoms with van der Waals surface area (Å²) in [7, 11) is 0. The Morgan fingerprint density at radius 3 is 2.53 bits per heavy atom. The lowest BCUT2D eigenvalue weighted by Crippen LogP contribution is -2.03. The third kappa shape index (κ3) is 2.27. The molecular weight excluding hydrogens is 252 g/mol. The van der Waals surface area contributed by atoms with Crippen LogP contribution in [0.15, 0.2) is 42.5 Å². The Kier molecular flexibility index (Phi) is 3.09. The van der Waals surface area contributed by atoms with Gasteiger partial charge in [0.1, 0.15) is 5.01 Å². The number of nitrogens with zero attached hydrogens (tertiary/aromatic N) is 1. The zero-order chi connectivity index (χ0) is 13.4. The second-order valence-corrected chi connectivity index (χ2v) is 6.04. The fraction of sp³-hybridized carbons (Fsp3) is 0.188. The monoisotopic (exact) mass is 268 g/mol. The third-order valence-corrected chi connectivity index (χ3v) is 4.40. The maximum absolute atomic E-state index is 5.91. The van der Waals surface area contributed by atoms with E-state index in [0.717, 1.165) is 10.7 Å². The molecular formula is C16H16N2S. The topological polar surface area (TPSA) is 38.9 Å². The number of fused-ring (bicyclic) bond motifs is 1. The molecule has 1 atom stereocenters. The van der Waals surface area contributed by atoms with Crippen LogP contribution < -0.4 is 5.73 Å². The van der Waals surface area contributed by atoms with Crippen LogP contribution in [0.25, 0.3) is 22.0 Å². The van der Waals surface area contributed by atoms with Gasteiger partial charge in [-0.15, -0.1) is 11.3 Å². The normalized spacial score (nSPS) is 12.8. The molecule has 2 aromatic carbocycles. The first-order valence-electron chi connectivity index (χ1n) is 6.37. The van der Waals surface area contributed by atoms with Gasteiger partial charge in [-0.3, -0.25) is 0 Å². The second-order valence-electron chi connectivity index (χ2n) is 4.81. The van der Waals surface area contributed by atoms with Gasteiger partial charge in [0.15, 0.2) is 0 Å². The molecule has 3 aromatic rings. The van der Waals surface area contributed by atoms with Crippen molar-refractivity contribution in [2.75, 3.05) is 0 Å². The Labute approximate surface area is 116 Å². The van der Waals surface area contributed by atoms with Gasteiger partial charge >= 0.3 is 0 Å². The highest BCUT2D eigenvalue weighted by molar-refractivity contribution is 7.12. The summed E-state index contributed by atoms with van der Waals surface area (Å²) in [6, 6.07) is 14.9. The van der Waals surface area contributed by atoms with Gasteiger partial charge in [0.05, 0.1) is 11.7 Å². The number of nitrogens with two attached hydrogens (primary N) is 1. The number of hydrogen-bond donors (Lipinski definition) is 1. The van der Waals surface area contributed by atoms with Crippen molar-refractivity contribution in [1.29, 1.82) is 0 Å². The first-order valence-corrected chi connectivity index (χ1v) is 7.19. The largest absolute Gasteiger partial charge is 0.322 e. The van der Waals surface area contributed by atoms with E-state index >= 15 is 0 Å². The molecule has 0 amide bonds. The molecule has 0 aliphatic rings. The highest BCUT2D eigenvalue weighted by atomic mass is 32.1. The van der Waals surface area contributed by atoms with Crippen molar-refractivity contribution in [3.63, 3.8) is 0 Å². The van der Waals surface area contributed by atoms with E-state index in [4.69, 9.17) is 5.73 Å². The zero-order valence-corrected chi connectivity index (χ0v) is 11.9. The van der Waals surface area contributed by atoms with Gasteiger partial charge in [0.2, 0.25) is 0 Å². The van der Waals surface area contributed by atoms with Crippen molar-refractivity contribution in [3.8, 4) is 11.3 Å². The maximum atomic E-state index is 5.91. The van der Waals surface area contributed by atoms with E-state index < -0.39 is 0 Å². The van der Waals surface area contributed by atoms with Gasteiger partial charge in [0.25, 0.3) is 0 Å². The molecule has 19 heavy (non-hydrogen) atoms. The minimum atomic E-state index is -0.00194. The van der Waals surface area contributed by atoms with Gasteiger partial charge < -0.3 is 5.73 Å². The zero-order valence-electron chi connectivity index (χ0n) is 11.1. The first kappa shape index (κ1) is 12.3. The van der Waals surface area contributed by atoms with Gasteiger partial charge in [0, 0.05) is 10.4 Å². The number of aryl methyl sites for hydroxylation is 1. The molecule has 3 rings (SSSR count). The molecule has 3 heteroatoms.